The number of aromatic amines is 1. The molecule has 4 atom stereocenters. The van der Waals surface area contributed by atoms with E-state index in [1.54, 1.807) is 18.3 Å². The van der Waals surface area contributed by atoms with E-state index in [9.17, 15) is 34.2 Å². The van der Waals surface area contributed by atoms with Crippen LogP contribution in [0.15, 0.2) is 54.7 Å². The number of aromatic nitrogens is 1. The highest BCUT2D eigenvalue weighted by molar-refractivity contribution is 5.95. The van der Waals surface area contributed by atoms with Crippen molar-refractivity contribution >= 4 is 40.6 Å². The highest BCUT2D eigenvalue weighted by atomic mass is 16.4. The average Bonchev–Trinajstić information content (AvgIpc) is 3.35. The number of aromatic hydroxyl groups is 1. The van der Waals surface area contributed by atoms with Crippen molar-refractivity contribution in [2.45, 2.75) is 63.7 Å². The number of H-pyrrole nitrogens is 1. The quantitative estimate of drug-likeness (QED) is 0.125. The fraction of sp³-hybridized carbons (Fsp3) is 0.367. The summed E-state index contributed by atoms with van der Waals surface area (Å²) in [5.74, 6) is -4.97. The van der Waals surface area contributed by atoms with Crippen LogP contribution in [0.25, 0.3) is 10.9 Å². The summed E-state index contributed by atoms with van der Waals surface area (Å²) in [4.78, 5) is 65.9. The molecule has 3 amide bonds. The first kappa shape index (κ1) is 32.6. The van der Waals surface area contributed by atoms with E-state index in [1.165, 1.54) is 12.1 Å². The van der Waals surface area contributed by atoms with Crippen LogP contribution in [0.3, 0.4) is 0 Å². The second-order valence-electron chi connectivity index (χ2n) is 10.8. The van der Waals surface area contributed by atoms with Crippen molar-refractivity contribution in [1.82, 2.24) is 20.9 Å². The van der Waals surface area contributed by atoms with E-state index in [0.717, 1.165) is 10.9 Å². The molecule has 2 aromatic carbocycles. The number of nitrogens with one attached hydrogen (secondary N) is 4. The Labute approximate surface area is 247 Å². The monoisotopic (exact) mass is 595 g/mol. The molecule has 0 saturated heterocycles. The molecule has 1 heterocycles. The third-order valence-electron chi connectivity index (χ3n) is 6.79. The van der Waals surface area contributed by atoms with Gasteiger partial charge in [-0.3, -0.25) is 19.2 Å². The Kier molecular flexibility index (Phi) is 11.2. The predicted octanol–water partition coefficient (Wildman–Crippen LogP) is 1.05. The van der Waals surface area contributed by atoms with Crippen LogP contribution >= 0.6 is 0 Å². The molecule has 13 heteroatoms. The molecule has 1 aromatic heterocycles. The minimum absolute atomic E-state index is 0.00594. The number of phenols is 1. The Morgan fingerprint density at radius 1 is 0.814 bits per heavy atom. The molecule has 0 aliphatic carbocycles. The van der Waals surface area contributed by atoms with Gasteiger partial charge in [0.2, 0.25) is 17.7 Å². The van der Waals surface area contributed by atoms with Gasteiger partial charge in [0.15, 0.2) is 0 Å². The van der Waals surface area contributed by atoms with E-state index >= 15 is 0 Å². The minimum atomic E-state index is -1.44. The van der Waals surface area contributed by atoms with Crippen LogP contribution in [-0.2, 0) is 36.8 Å². The average molecular weight is 596 g/mol. The van der Waals surface area contributed by atoms with Gasteiger partial charge in [-0.1, -0.05) is 44.2 Å². The Morgan fingerprint density at radius 3 is 2.00 bits per heavy atom. The number of benzene rings is 2. The third-order valence-corrected chi connectivity index (χ3v) is 6.79. The summed E-state index contributed by atoms with van der Waals surface area (Å²) >= 11 is 0. The first-order valence-corrected chi connectivity index (χ1v) is 13.8. The van der Waals surface area contributed by atoms with Crippen LogP contribution in [0, 0.1) is 5.92 Å². The third kappa shape index (κ3) is 9.57. The van der Waals surface area contributed by atoms with Gasteiger partial charge in [-0.2, -0.15) is 0 Å². The second kappa shape index (κ2) is 14.8. The van der Waals surface area contributed by atoms with E-state index in [1.807, 2.05) is 38.1 Å². The lowest BCUT2D eigenvalue weighted by molar-refractivity contribution is -0.142. The van der Waals surface area contributed by atoms with Gasteiger partial charge >= 0.3 is 11.9 Å². The molecular formula is C30H37N5O8. The van der Waals surface area contributed by atoms with Crippen molar-refractivity contribution in [3.8, 4) is 5.75 Å². The first-order valence-electron chi connectivity index (χ1n) is 13.8. The summed E-state index contributed by atoms with van der Waals surface area (Å²) in [7, 11) is 0. The van der Waals surface area contributed by atoms with Crippen molar-refractivity contribution < 1.29 is 39.3 Å². The highest BCUT2D eigenvalue weighted by Crippen LogP contribution is 2.20. The fourth-order valence-corrected chi connectivity index (χ4v) is 4.60. The van der Waals surface area contributed by atoms with Crippen molar-refractivity contribution in [2.75, 3.05) is 0 Å². The molecule has 0 bridgehead atoms. The molecule has 230 valence electrons. The molecule has 0 radical (unpaired) electrons. The number of carboxylic acids is 2. The van der Waals surface area contributed by atoms with Gasteiger partial charge in [-0.05, 0) is 41.7 Å². The predicted molar refractivity (Wildman–Crippen MR) is 157 cm³/mol. The lowest BCUT2D eigenvalue weighted by atomic mass is 10.00. The molecule has 0 aliphatic rings. The van der Waals surface area contributed by atoms with E-state index < -0.39 is 60.2 Å². The summed E-state index contributed by atoms with van der Waals surface area (Å²) in [6.45, 7) is 3.64. The van der Waals surface area contributed by atoms with Crippen molar-refractivity contribution in [3.05, 3.63) is 65.9 Å². The Bertz CT molecular complexity index is 1450. The topological polar surface area (TPSA) is 224 Å². The van der Waals surface area contributed by atoms with Crippen LogP contribution in [0.5, 0.6) is 5.75 Å². The zero-order valence-electron chi connectivity index (χ0n) is 23.9. The van der Waals surface area contributed by atoms with Crippen molar-refractivity contribution in [2.24, 2.45) is 11.7 Å². The summed E-state index contributed by atoms with van der Waals surface area (Å²) < 4.78 is 0. The SMILES string of the molecule is CC(C)CC(NC(=O)C(Cc1c[nH]c2ccccc12)NC(=O)C(Cc1ccc(O)cc1)NC(=O)C(N)CC(=O)O)C(=O)O. The summed E-state index contributed by atoms with van der Waals surface area (Å²) in [5, 5.41) is 36.8. The molecule has 9 N–H and O–H groups in total. The van der Waals surface area contributed by atoms with Gasteiger partial charge in [-0.15, -0.1) is 0 Å². The van der Waals surface area contributed by atoms with E-state index in [-0.39, 0.29) is 30.9 Å². The molecule has 3 rings (SSSR count). The number of rotatable bonds is 15. The Morgan fingerprint density at radius 2 is 1.40 bits per heavy atom. The van der Waals surface area contributed by atoms with Crippen LogP contribution in [0.2, 0.25) is 0 Å². The van der Waals surface area contributed by atoms with Gasteiger partial charge in [0.25, 0.3) is 0 Å². The van der Waals surface area contributed by atoms with E-state index in [2.05, 4.69) is 20.9 Å². The van der Waals surface area contributed by atoms with Gasteiger partial charge in [0.1, 0.15) is 23.9 Å². The van der Waals surface area contributed by atoms with Crippen LogP contribution in [0.1, 0.15) is 37.8 Å². The standard InChI is InChI=1S/C30H37N5O8/c1-16(2)11-25(30(42)43)35-29(41)24(13-18-15-32-22-6-4-3-5-20(18)22)34-28(40)23(12-17-7-9-19(36)10-8-17)33-27(39)21(31)14-26(37)38/h3-10,15-16,21,23-25,32,36H,11-14,31H2,1-2H3,(H,33,39)(H,34,40)(H,35,41)(H,37,38)(H,42,43). The van der Waals surface area contributed by atoms with Gasteiger partial charge in [0, 0.05) is 29.9 Å². The number of para-hydroxylation sites is 1. The lowest BCUT2D eigenvalue weighted by Crippen LogP contribution is -2.58. The molecule has 0 aliphatic heterocycles. The summed E-state index contributed by atoms with van der Waals surface area (Å²) in [6.07, 6.45) is 1.10. The largest absolute Gasteiger partial charge is 0.508 e. The van der Waals surface area contributed by atoms with Crippen LogP contribution < -0.4 is 21.7 Å². The van der Waals surface area contributed by atoms with Crippen molar-refractivity contribution in [3.63, 3.8) is 0 Å². The maximum atomic E-state index is 13.7. The second-order valence-corrected chi connectivity index (χ2v) is 10.8. The molecular weight excluding hydrogens is 558 g/mol. The zero-order valence-corrected chi connectivity index (χ0v) is 23.9. The molecule has 0 spiro atoms. The van der Waals surface area contributed by atoms with E-state index in [4.69, 9.17) is 10.8 Å². The number of fused-ring (bicyclic) bond motifs is 1. The number of hydrogen-bond acceptors (Lipinski definition) is 7. The fourth-order valence-electron chi connectivity index (χ4n) is 4.60. The molecule has 0 fully saturated rings. The smallest absolute Gasteiger partial charge is 0.326 e. The van der Waals surface area contributed by atoms with Crippen LogP contribution in [0.4, 0.5) is 0 Å². The number of phenolic OH excluding ortho intramolecular Hbond substituents is 1. The zero-order chi connectivity index (χ0) is 31.7. The van der Waals surface area contributed by atoms with E-state index in [0.29, 0.717) is 11.1 Å². The number of hydrogen-bond donors (Lipinski definition) is 8. The maximum Gasteiger partial charge on any atom is 0.326 e. The van der Waals surface area contributed by atoms with Gasteiger partial charge < -0.3 is 42.0 Å². The summed E-state index contributed by atoms with van der Waals surface area (Å²) in [6, 6.07) is 8.05. The number of carbonyl (C=O) groups is 5. The first-order chi connectivity index (χ1) is 20.3. The number of nitrogens with two attached hydrogens (primary N) is 1. The highest BCUT2D eigenvalue weighted by Gasteiger charge is 2.31. The molecule has 4 unspecified atom stereocenters. The molecule has 0 saturated carbocycles. The van der Waals surface area contributed by atoms with Gasteiger partial charge in [-0.25, -0.2) is 4.79 Å². The number of aliphatic carboxylic acids is 2. The minimum Gasteiger partial charge on any atom is -0.508 e. The number of carboxylic acid groups (broad SMARTS) is 2. The number of amides is 3. The van der Waals surface area contributed by atoms with Crippen LogP contribution in [-0.4, -0.2) is 74.1 Å². The van der Waals surface area contributed by atoms with Crippen molar-refractivity contribution in [1.29, 1.82) is 0 Å². The van der Waals surface area contributed by atoms with Gasteiger partial charge in [0.05, 0.1) is 12.5 Å². The number of carbonyl (C=O) groups excluding carboxylic acids is 3. The lowest BCUT2D eigenvalue weighted by Gasteiger charge is -2.25. The summed E-state index contributed by atoms with van der Waals surface area (Å²) in [5.41, 5.74) is 7.75. The molecule has 13 nitrogen and oxygen atoms in total. The normalized spacial score (nSPS) is 14.0. The maximum absolute atomic E-state index is 13.7. The molecule has 3 aromatic rings. The Hall–Kier alpha value is -4.91. The molecule has 43 heavy (non-hydrogen) atoms. The Balaban J connectivity index is 1.91.